The van der Waals surface area contributed by atoms with Crippen LogP contribution in [0, 0.1) is 0 Å². The second kappa shape index (κ2) is 6.88. The monoisotopic (exact) mass is 344 g/mol. The Hall–Kier alpha value is -2.60. The van der Waals surface area contributed by atoms with Crippen LogP contribution in [0.5, 0.6) is 0 Å². The van der Waals surface area contributed by atoms with Crippen LogP contribution in [-0.4, -0.2) is 29.4 Å². The van der Waals surface area contributed by atoms with E-state index in [1.165, 1.54) is 12.3 Å². The second-order valence-electron chi connectivity index (χ2n) is 5.58. The molecule has 24 heavy (non-hydrogen) atoms. The van der Waals surface area contributed by atoms with Crippen LogP contribution in [0.2, 0.25) is 5.02 Å². The molecule has 0 spiro atoms. The lowest BCUT2D eigenvalue weighted by molar-refractivity contribution is -0.121. The smallest absolute Gasteiger partial charge is 0.253 e. The van der Waals surface area contributed by atoms with Crippen molar-refractivity contribution in [3.63, 3.8) is 0 Å². The van der Waals surface area contributed by atoms with Crippen molar-refractivity contribution in [1.29, 1.82) is 0 Å². The number of halogens is 1. The number of piperidine rings is 1. The summed E-state index contributed by atoms with van der Waals surface area (Å²) < 4.78 is 0. The third-order valence-electron chi connectivity index (χ3n) is 3.94. The van der Waals surface area contributed by atoms with E-state index in [0.717, 1.165) is 12.1 Å². The molecule has 1 aliphatic rings. The molecule has 2 aromatic rings. The third-order valence-corrected chi connectivity index (χ3v) is 4.25. The lowest BCUT2D eigenvalue weighted by Gasteiger charge is -2.32. The highest BCUT2D eigenvalue weighted by atomic mass is 35.5. The molecule has 1 saturated heterocycles. The van der Waals surface area contributed by atoms with Gasteiger partial charge in [-0.15, -0.1) is 0 Å². The molecule has 1 unspecified atom stereocenters. The van der Waals surface area contributed by atoms with Crippen molar-refractivity contribution in [2.24, 2.45) is 0 Å². The van der Waals surface area contributed by atoms with E-state index in [1.807, 2.05) is 30.3 Å². The van der Waals surface area contributed by atoms with E-state index >= 15 is 0 Å². The Morgan fingerprint density at radius 2 is 2.08 bits per heavy atom. The lowest BCUT2D eigenvalue weighted by atomic mass is 10.0. The summed E-state index contributed by atoms with van der Waals surface area (Å²) >= 11 is 5.89. The zero-order valence-electron chi connectivity index (χ0n) is 12.9. The minimum absolute atomic E-state index is 0.115. The van der Waals surface area contributed by atoms with Gasteiger partial charge in [0.25, 0.3) is 5.91 Å². The van der Waals surface area contributed by atoms with Crippen LogP contribution in [0.25, 0.3) is 0 Å². The summed E-state index contributed by atoms with van der Waals surface area (Å²) in [5.41, 5.74) is 6.65. The van der Waals surface area contributed by atoms with Gasteiger partial charge in [0.1, 0.15) is 11.9 Å². The Morgan fingerprint density at radius 1 is 1.33 bits per heavy atom. The molecule has 0 aliphatic carbocycles. The van der Waals surface area contributed by atoms with Crippen LogP contribution < -0.4 is 16.0 Å². The van der Waals surface area contributed by atoms with Gasteiger partial charge >= 0.3 is 0 Å². The molecular formula is C17H17ClN4O2. The van der Waals surface area contributed by atoms with Crippen molar-refractivity contribution in [2.45, 2.75) is 18.9 Å². The first-order chi connectivity index (χ1) is 11.6. The average Bonchev–Trinajstić information content (AvgIpc) is 2.60. The van der Waals surface area contributed by atoms with Gasteiger partial charge in [0.2, 0.25) is 5.91 Å². The molecule has 124 valence electrons. The predicted octanol–water partition coefficient (Wildman–Crippen LogP) is 2.24. The van der Waals surface area contributed by atoms with Gasteiger partial charge in [-0.1, -0.05) is 29.8 Å². The fraction of sp³-hybridized carbons (Fsp3) is 0.235. The molecule has 1 aliphatic heterocycles. The van der Waals surface area contributed by atoms with Gasteiger partial charge < -0.3 is 16.0 Å². The molecule has 3 N–H and O–H groups in total. The van der Waals surface area contributed by atoms with Crippen molar-refractivity contribution < 1.29 is 9.59 Å². The second-order valence-corrected chi connectivity index (χ2v) is 5.99. The zero-order chi connectivity index (χ0) is 17.1. The molecule has 0 bridgehead atoms. The Balaban J connectivity index is 1.73. The fourth-order valence-corrected chi connectivity index (χ4v) is 2.85. The lowest BCUT2D eigenvalue weighted by Crippen LogP contribution is -2.52. The van der Waals surface area contributed by atoms with Crippen molar-refractivity contribution in [3.05, 3.63) is 53.2 Å². The number of anilines is 2. The van der Waals surface area contributed by atoms with Crippen LogP contribution in [0.3, 0.4) is 0 Å². The number of pyridine rings is 1. The van der Waals surface area contributed by atoms with Crippen LogP contribution >= 0.6 is 11.6 Å². The van der Waals surface area contributed by atoms with Crippen molar-refractivity contribution in [1.82, 2.24) is 10.3 Å². The van der Waals surface area contributed by atoms with E-state index in [4.69, 9.17) is 17.3 Å². The van der Waals surface area contributed by atoms with E-state index in [0.29, 0.717) is 13.0 Å². The number of nitrogens with one attached hydrogen (secondary N) is 1. The molecule has 6 nitrogen and oxygen atoms in total. The fourth-order valence-electron chi connectivity index (χ4n) is 2.69. The molecule has 1 aromatic heterocycles. The largest absolute Gasteiger partial charge is 0.382 e. The van der Waals surface area contributed by atoms with Crippen LogP contribution in [0.4, 0.5) is 11.5 Å². The maximum Gasteiger partial charge on any atom is 0.253 e. The normalized spacial score (nSPS) is 17.6. The summed E-state index contributed by atoms with van der Waals surface area (Å²) in [6, 6.07) is 10.3. The summed E-state index contributed by atoms with van der Waals surface area (Å²) in [7, 11) is 0. The third kappa shape index (κ3) is 3.33. The topological polar surface area (TPSA) is 88.3 Å². The number of nitrogens with two attached hydrogens (primary N) is 1. The number of benzene rings is 1. The summed E-state index contributed by atoms with van der Waals surface area (Å²) in [6.45, 7) is 0.643. The van der Waals surface area contributed by atoms with E-state index in [1.54, 1.807) is 4.90 Å². The number of hydrogen-bond acceptors (Lipinski definition) is 4. The standard InChI is InChI=1S/C17H17ClN4O2/c18-13-9-11(10-20-15(13)19)16(23)21-14-7-4-8-22(17(14)24)12-5-2-1-3-6-12/h1-3,5-6,9-10,14H,4,7-8H2,(H2,19,20)(H,21,23). The van der Waals surface area contributed by atoms with Crippen LogP contribution in [0.1, 0.15) is 23.2 Å². The molecule has 1 atom stereocenters. The first kappa shape index (κ1) is 16.3. The van der Waals surface area contributed by atoms with Gasteiger partial charge in [-0.05, 0) is 31.0 Å². The number of carbonyl (C=O) groups excluding carboxylic acids is 2. The Bertz CT molecular complexity index is 766. The summed E-state index contributed by atoms with van der Waals surface area (Å²) in [6.07, 6.45) is 2.76. The maximum atomic E-state index is 12.7. The number of hydrogen-bond donors (Lipinski definition) is 2. The first-order valence-corrected chi connectivity index (χ1v) is 8.02. The number of carbonyl (C=O) groups is 2. The van der Waals surface area contributed by atoms with Crippen LogP contribution in [-0.2, 0) is 4.79 Å². The number of nitrogen functional groups attached to an aromatic ring is 1. The Kier molecular flexibility index (Phi) is 4.66. The van der Waals surface area contributed by atoms with Crippen molar-refractivity contribution in [3.8, 4) is 0 Å². The van der Waals surface area contributed by atoms with Gasteiger partial charge in [0.05, 0.1) is 10.6 Å². The summed E-state index contributed by atoms with van der Waals surface area (Å²) in [4.78, 5) is 30.6. The highest BCUT2D eigenvalue weighted by Gasteiger charge is 2.31. The number of aromatic nitrogens is 1. The molecule has 7 heteroatoms. The molecule has 1 fully saturated rings. The summed E-state index contributed by atoms with van der Waals surface area (Å²) in [5.74, 6) is -0.342. The average molecular weight is 345 g/mol. The number of para-hydroxylation sites is 1. The van der Waals surface area contributed by atoms with E-state index < -0.39 is 11.9 Å². The van der Waals surface area contributed by atoms with E-state index in [9.17, 15) is 9.59 Å². The molecule has 0 saturated carbocycles. The Labute approximate surface area is 144 Å². The van der Waals surface area contributed by atoms with Gasteiger partial charge in [-0.2, -0.15) is 0 Å². The minimum atomic E-state index is -0.567. The quantitative estimate of drug-likeness (QED) is 0.893. The first-order valence-electron chi connectivity index (χ1n) is 7.64. The highest BCUT2D eigenvalue weighted by Crippen LogP contribution is 2.21. The van der Waals surface area contributed by atoms with Gasteiger partial charge in [-0.3, -0.25) is 9.59 Å². The number of nitrogens with zero attached hydrogens (tertiary/aromatic N) is 2. The van der Waals surface area contributed by atoms with Gasteiger partial charge in [0, 0.05) is 18.4 Å². The number of amides is 2. The molecular weight excluding hydrogens is 328 g/mol. The van der Waals surface area contributed by atoms with Crippen LogP contribution in [0.15, 0.2) is 42.6 Å². The molecule has 0 radical (unpaired) electrons. The van der Waals surface area contributed by atoms with Gasteiger partial charge in [0.15, 0.2) is 0 Å². The molecule has 1 aromatic carbocycles. The highest BCUT2D eigenvalue weighted by molar-refractivity contribution is 6.33. The van der Waals surface area contributed by atoms with E-state index in [2.05, 4.69) is 10.3 Å². The molecule has 3 rings (SSSR count). The summed E-state index contributed by atoms with van der Waals surface area (Å²) in [5, 5.41) is 2.97. The van der Waals surface area contributed by atoms with Gasteiger partial charge in [-0.25, -0.2) is 4.98 Å². The van der Waals surface area contributed by atoms with Crippen molar-refractivity contribution >= 4 is 34.9 Å². The Morgan fingerprint density at radius 3 is 2.79 bits per heavy atom. The zero-order valence-corrected chi connectivity index (χ0v) is 13.7. The number of rotatable bonds is 3. The SMILES string of the molecule is Nc1ncc(C(=O)NC2CCCN(c3ccccc3)C2=O)cc1Cl. The maximum absolute atomic E-state index is 12.7. The van der Waals surface area contributed by atoms with Crippen molar-refractivity contribution in [2.75, 3.05) is 17.2 Å². The minimum Gasteiger partial charge on any atom is -0.382 e. The molecule has 2 heterocycles. The van der Waals surface area contributed by atoms with E-state index in [-0.39, 0.29) is 22.3 Å². The predicted molar refractivity (Wildman–Crippen MR) is 92.9 cm³/mol. The molecule has 2 amide bonds.